The molecule has 2 unspecified atom stereocenters. The molecule has 0 spiro atoms. The highest BCUT2D eigenvalue weighted by molar-refractivity contribution is 5.81. The number of piperidine rings is 1. The van der Waals surface area contributed by atoms with Crippen molar-refractivity contribution in [2.45, 2.75) is 51.2 Å². The quantitative estimate of drug-likeness (QED) is 0.801. The standard InChI is InChI=1S/C13H24N2O2/c1-11(14-10-12-6-5-9-17-12)13(16)15-7-3-2-4-8-15/h11-12,14H,2-10H2,1H3. The van der Waals surface area contributed by atoms with Crippen molar-refractivity contribution in [1.29, 1.82) is 0 Å². The van der Waals surface area contributed by atoms with Gasteiger partial charge in [-0.25, -0.2) is 0 Å². The summed E-state index contributed by atoms with van der Waals surface area (Å²) in [5, 5.41) is 3.31. The summed E-state index contributed by atoms with van der Waals surface area (Å²) < 4.78 is 5.54. The van der Waals surface area contributed by atoms with Crippen molar-refractivity contribution in [3.63, 3.8) is 0 Å². The van der Waals surface area contributed by atoms with Crippen LogP contribution in [0.5, 0.6) is 0 Å². The minimum Gasteiger partial charge on any atom is -0.377 e. The van der Waals surface area contributed by atoms with Crippen LogP contribution in [0.15, 0.2) is 0 Å². The molecule has 2 saturated heterocycles. The van der Waals surface area contributed by atoms with Crippen LogP contribution in [0, 0.1) is 0 Å². The molecule has 0 aromatic heterocycles. The molecule has 2 heterocycles. The molecule has 1 N–H and O–H groups in total. The van der Waals surface area contributed by atoms with E-state index in [4.69, 9.17) is 4.74 Å². The summed E-state index contributed by atoms with van der Waals surface area (Å²) in [7, 11) is 0. The fraction of sp³-hybridized carbons (Fsp3) is 0.923. The molecule has 0 aromatic rings. The third kappa shape index (κ3) is 3.68. The summed E-state index contributed by atoms with van der Waals surface area (Å²) in [6.07, 6.45) is 6.17. The molecule has 0 aliphatic carbocycles. The van der Waals surface area contributed by atoms with E-state index < -0.39 is 0 Å². The second kappa shape index (κ2) is 6.36. The predicted molar refractivity (Wildman–Crippen MR) is 66.9 cm³/mol. The van der Waals surface area contributed by atoms with Crippen molar-refractivity contribution in [3.8, 4) is 0 Å². The molecule has 0 bridgehead atoms. The normalized spacial score (nSPS) is 27.1. The number of carbonyl (C=O) groups is 1. The average Bonchev–Trinajstić information content (AvgIpc) is 2.89. The Morgan fingerprint density at radius 1 is 1.35 bits per heavy atom. The van der Waals surface area contributed by atoms with Crippen molar-refractivity contribution in [1.82, 2.24) is 10.2 Å². The van der Waals surface area contributed by atoms with Crippen LogP contribution in [0.3, 0.4) is 0 Å². The summed E-state index contributed by atoms with van der Waals surface area (Å²) in [5.41, 5.74) is 0. The Labute approximate surface area is 104 Å². The highest BCUT2D eigenvalue weighted by atomic mass is 16.5. The van der Waals surface area contributed by atoms with E-state index in [9.17, 15) is 4.79 Å². The van der Waals surface area contributed by atoms with Crippen LogP contribution >= 0.6 is 0 Å². The van der Waals surface area contributed by atoms with E-state index in [1.807, 2.05) is 11.8 Å². The third-order valence-corrected chi connectivity index (χ3v) is 3.71. The highest BCUT2D eigenvalue weighted by Crippen LogP contribution is 2.12. The van der Waals surface area contributed by atoms with Crippen LogP contribution < -0.4 is 5.32 Å². The van der Waals surface area contributed by atoms with Crippen molar-refractivity contribution >= 4 is 5.91 Å². The van der Waals surface area contributed by atoms with Gasteiger partial charge in [0.05, 0.1) is 12.1 Å². The number of likely N-dealkylation sites (tertiary alicyclic amines) is 1. The number of ether oxygens (including phenoxy) is 1. The van der Waals surface area contributed by atoms with Gasteiger partial charge in [-0.05, 0) is 39.0 Å². The molecule has 4 nitrogen and oxygen atoms in total. The largest absolute Gasteiger partial charge is 0.377 e. The number of rotatable bonds is 4. The zero-order chi connectivity index (χ0) is 12.1. The third-order valence-electron chi connectivity index (χ3n) is 3.71. The summed E-state index contributed by atoms with van der Waals surface area (Å²) in [5.74, 6) is 0.252. The first-order valence-electron chi connectivity index (χ1n) is 6.91. The van der Waals surface area contributed by atoms with E-state index in [0.717, 1.165) is 51.9 Å². The van der Waals surface area contributed by atoms with Crippen molar-refractivity contribution in [2.75, 3.05) is 26.2 Å². The Hall–Kier alpha value is -0.610. The molecule has 17 heavy (non-hydrogen) atoms. The average molecular weight is 240 g/mol. The summed E-state index contributed by atoms with van der Waals surface area (Å²) in [4.78, 5) is 14.1. The Morgan fingerprint density at radius 3 is 2.76 bits per heavy atom. The maximum Gasteiger partial charge on any atom is 0.239 e. The van der Waals surface area contributed by atoms with Crippen LogP contribution in [0.2, 0.25) is 0 Å². The van der Waals surface area contributed by atoms with Gasteiger partial charge in [-0.1, -0.05) is 0 Å². The van der Waals surface area contributed by atoms with Gasteiger partial charge in [0.2, 0.25) is 5.91 Å². The van der Waals surface area contributed by atoms with E-state index in [1.54, 1.807) is 0 Å². The molecular formula is C13H24N2O2. The topological polar surface area (TPSA) is 41.6 Å². The smallest absolute Gasteiger partial charge is 0.239 e. The summed E-state index contributed by atoms with van der Waals surface area (Å²) in [6.45, 7) is 5.52. The van der Waals surface area contributed by atoms with Crippen molar-refractivity contribution in [2.24, 2.45) is 0 Å². The minimum atomic E-state index is -0.0719. The number of carbonyl (C=O) groups excluding carboxylic acids is 1. The molecule has 2 fully saturated rings. The number of hydrogen-bond donors (Lipinski definition) is 1. The molecule has 2 aliphatic heterocycles. The van der Waals surface area contributed by atoms with Gasteiger partial charge >= 0.3 is 0 Å². The van der Waals surface area contributed by atoms with Gasteiger partial charge in [0.1, 0.15) is 0 Å². The maximum atomic E-state index is 12.1. The summed E-state index contributed by atoms with van der Waals surface area (Å²) >= 11 is 0. The molecule has 0 radical (unpaired) electrons. The highest BCUT2D eigenvalue weighted by Gasteiger charge is 2.23. The van der Waals surface area contributed by atoms with E-state index in [2.05, 4.69) is 5.32 Å². The van der Waals surface area contributed by atoms with Gasteiger partial charge in [-0.3, -0.25) is 4.79 Å². The molecule has 98 valence electrons. The molecule has 2 rings (SSSR count). The lowest BCUT2D eigenvalue weighted by atomic mass is 10.1. The first-order chi connectivity index (χ1) is 8.27. The molecule has 4 heteroatoms. The van der Waals surface area contributed by atoms with Gasteiger partial charge in [0.15, 0.2) is 0 Å². The van der Waals surface area contributed by atoms with E-state index in [1.165, 1.54) is 6.42 Å². The van der Waals surface area contributed by atoms with Crippen LogP contribution in [-0.2, 0) is 9.53 Å². The first kappa shape index (κ1) is 12.8. The van der Waals surface area contributed by atoms with Crippen LogP contribution in [-0.4, -0.2) is 49.2 Å². The van der Waals surface area contributed by atoms with Crippen molar-refractivity contribution in [3.05, 3.63) is 0 Å². The van der Waals surface area contributed by atoms with E-state index in [-0.39, 0.29) is 11.9 Å². The molecule has 2 aliphatic rings. The molecule has 1 amide bonds. The fourth-order valence-corrected chi connectivity index (χ4v) is 2.59. The second-order valence-corrected chi connectivity index (χ2v) is 5.15. The molecular weight excluding hydrogens is 216 g/mol. The van der Waals surface area contributed by atoms with Crippen LogP contribution in [0.25, 0.3) is 0 Å². The monoisotopic (exact) mass is 240 g/mol. The zero-order valence-corrected chi connectivity index (χ0v) is 10.8. The summed E-state index contributed by atoms with van der Waals surface area (Å²) in [6, 6.07) is -0.0719. The van der Waals surface area contributed by atoms with Crippen molar-refractivity contribution < 1.29 is 9.53 Å². The predicted octanol–water partition coefficient (Wildman–Crippen LogP) is 1.16. The maximum absolute atomic E-state index is 12.1. The van der Waals surface area contributed by atoms with Crippen LogP contribution in [0.1, 0.15) is 39.0 Å². The van der Waals surface area contributed by atoms with Gasteiger partial charge in [-0.2, -0.15) is 0 Å². The van der Waals surface area contributed by atoms with Gasteiger partial charge in [0.25, 0.3) is 0 Å². The van der Waals surface area contributed by atoms with Gasteiger partial charge in [0, 0.05) is 26.2 Å². The number of hydrogen-bond acceptors (Lipinski definition) is 3. The minimum absolute atomic E-state index is 0.0719. The number of amides is 1. The number of nitrogens with zero attached hydrogens (tertiary/aromatic N) is 1. The fourth-order valence-electron chi connectivity index (χ4n) is 2.59. The Kier molecular flexibility index (Phi) is 4.80. The zero-order valence-electron chi connectivity index (χ0n) is 10.8. The SMILES string of the molecule is CC(NCC1CCCO1)C(=O)N1CCCCC1. The Bertz CT molecular complexity index is 246. The Balaban J connectivity index is 1.70. The lowest BCUT2D eigenvalue weighted by Crippen LogP contribution is -2.48. The van der Waals surface area contributed by atoms with Gasteiger partial charge in [-0.15, -0.1) is 0 Å². The van der Waals surface area contributed by atoms with E-state index >= 15 is 0 Å². The van der Waals surface area contributed by atoms with Gasteiger partial charge < -0.3 is 15.0 Å². The number of nitrogens with one attached hydrogen (secondary N) is 1. The lowest BCUT2D eigenvalue weighted by Gasteiger charge is -2.29. The van der Waals surface area contributed by atoms with Crippen LogP contribution in [0.4, 0.5) is 0 Å². The molecule has 2 atom stereocenters. The first-order valence-corrected chi connectivity index (χ1v) is 6.91. The molecule has 0 saturated carbocycles. The second-order valence-electron chi connectivity index (χ2n) is 5.15. The molecule has 0 aromatic carbocycles. The lowest BCUT2D eigenvalue weighted by molar-refractivity contribution is -0.134. The van der Waals surface area contributed by atoms with E-state index in [0.29, 0.717) is 6.10 Å². The Morgan fingerprint density at radius 2 is 2.12 bits per heavy atom.